The van der Waals surface area contributed by atoms with Crippen molar-refractivity contribution in [2.45, 2.75) is 45.3 Å². The summed E-state index contributed by atoms with van der Waals surface area (Å²) in [4.78, 5) is 0. The third-order valence-corrected chi connectivity index (χ3v) is 2.91. The summed E-state index contributed by atoms with van der Waals surface area (Å²) >= 11 is 0. The summed E-state index contributed by atoms with van der Waals surface area (Å²) in [6, 6.07) is 0. The van der Waals surface area contributed by atoms with Crippen LogP contribution in [0.25, 0.3) is 0 Å². The van der Waals surface area contributed by atoms with Crippen LogP contribution in [-0.2, 0) is 4.74 Å². The Hall–Kier alpha value is -0.120. The van der Waals surface area contributed by atoms with Crippen LogP contribution >= 0.6 is 0 Å². The molecule has 2 N–H and O–H groups in total. The van der Waals surface area contributed by atoms with Crippen molar-refractivity contribution in [3.63, 3.8) is 0 Å². The molecule has 1 aliphatic rings. The minimum atomic E-state index is -0.382. The van der Waals surface area contributed by atoms with Gasteiger partial charge in [0.25, 0.3) is 0 Å². The van der Waals surface area contributed by atoms with E-state index >= 15 is 0 Å². The molecule has 1 unspecified atom stereocenters. The van der Waals surface area contributed by atoms with Crippen molar-refractivity contribution in [2.75, 3.05) is 19.8 Å². The van der Waals surface area contributed by atoms with Gasteiger partial charge in [0, 0.05) is 18.7 Å². The molecule has 0 aliphatic heterocycles. The second kappa shape index (κ2) is 5.10. The fraction of sp³-hybridized carbons (Fsp3) is 1.00. The normalized spacial score (nSPS) is 19.7. The van der Waals surface area contributed by atoms with Gasteiger partial charge in [0.1, 0.15) is 0 Å². The van der Waals surface area contributed by atoms with Gasteiger partial charge in [0.05, 0.1) is 12.7 Å². The monoisotopic (exact) mass is 201 g/mol. The van der Waals surface area contributed by atoms with Crippen LogP contribution < -0.4 is 5.32 Å². The van der Waals surface area contributed by atoms with E-state index in [0.717, 1.165) is 5.92 Å². The van der Waals surface area contributed by atoms with Gasteiger partial charge in [-0.1, -0.05) is 0 Å². The summed E-state index contributed by atoms with van der Waals surface area (Å²) in [5.74, 6) is 0.793. The molecule has 1 rings (SSSR count). The van der Waals surface area contributed by atoms with Crippen LogP contribution in [0.1, 0.15) is 33.6 Å². The van der Waals surface area contributed by atoms with Gasteiger partial charge in [-0.3, -0.25) is 0 Å². The standard InChI is InChI=1S/C11H23NO2/c1-4-14-8-10(13)7-12-11(2,3)9-5-6-9/h9-10,12-13H,4-8H2,1-3H3. The van der Waals surface area contributed by atoms with Gasteiger partial charge >= 0.3 is 0 Å². The van der Waals surface area contributed by atoms with E-state index in [0.29, 0.717) is 19.8 Å². The Morgan fingerprint density at radius 3 is 2.64 bits per heavy atom. The molecule has 0 heterocycles. The lowest BCUT2D eigenvalue weighted by molar-refractivity contribution is 0.0384. The second-order valence-electron chi connectivity index (χ2n) is 4.69. The van der Waals surface area contributed by atoms with E-state index in [1.807, 2.05) is 6.92 Å². The highest BCUT2D eigenvalue weighted by atomic mass is 16.5. The first-order valence-electron chi connectivity index (χ1n) is 5.57. The summed E-state index contributed by atoms with van der Waals surface area (Å²) < 4.78 is 5.15. The van der Waals surface area contributed by atoms with E-state index in [1.54, 1.807) is 0 Å². The van der Waals surface area contributed by atoms with Gasteiger partial charge in [-0.15, -0.1) is 0 Å². The van der Waals surface area contributed by atoms with Gasteiger partial charge in [-0.25, -0.2) is 0 Å². The maximum atomic E-state index is 9.56. The molecule has 1 fully saturated rings. The van der Waals surface area contributed by atoms with Crippen molar-refractivity contribution < 1.29 is 9.84 Å². The summed E-state index contributed by atoms with van der Waals surface area (Å²) in [7, 11) is 0. The van der Waals surface area contributed by atoms with E-state index in [1.165, 1.54) is 12.8 Å². The number of ether oxygens (including phenoxy) is 1. The van der Waals surface area contributed by atoms with Crippen LogP contribution in [-0.4, -0.2) is 36.5 Å². The molecule has 0 radical (unpaired) electrons. The number of β-amino-alcohol motifs (C(OH)–C–C–N with tert-alkyl or cyclic N) is 1. The lowest BCUT2D eigenvalue weighted by Crippen LogP contribution is -2.46. The molecule has 0 spiro atoms. The Balaban J connectivity index is 2.11. The first kappa shape index (κ1) is 12.0. The molecule has 0 aromatic carbocycles. The highest BCUT2D eigenvalue weighted by molar-refractivity contribution is 4.94. The number of hydrogen-bond donors (Lipinski definition) is 2. The minimum Gasteiger partial charge on any atom is -0.389 e. The fourth-order valence-electron chi connectivity index (χ4n) is 1.64. The Bertz CT molecular complexity index is 167. The van der Waals surface area contributed by atoms with E-state index in [9.17, 15) is 5.11 Å². The van der Waals surface area contributed by atoms with E-state index in [4.69, 9.17) is 4.74 Å². The molecule has 14 heavy (non-hydrogen) atoms. The Morgan fingerprint density at radius 2 is 2.14 bits per heavy atom. The zero-order valence-corrected chi connectivity index (χ0v) is 9.55. The molecule has 0 saturated heterocycles. The van der Waals surface area contributed by atoms with Crippen molar-refractivity contribution >= 4 is 0 Å². The topological polar surface area (TPSA) is 41.5 Å². The molecular weight excluding hydrogens is 178 g/mol. The molecule has 1 atom stereocenters. The van der Waals surface area contributed by atoms with Gasteiger partial charge < -0.3 is 15.2 Å². The van der Waals surface area contributed by atoms with Crippen molar-refractivity contribution in [3.05, 3.63) is 0 Å². The summed E-state index contributed by atoms with van der Waals surface area (Å²) in [5, 5.41) is 13.0. The Morgan fingerprint density at radius 1 is 1.50 bits per heavy atom. The number of aliphatic hydroxyl groups is 1. The summed E-state index contributed by atoms with van der Waals surface area (Å²) in [6.07, 6.45) is 2.26. The number of nitrogens with one attached hydrogen (secondary N) is 1. The van der Waals surface area contributed by atoms with Gasteiger partial charge in [-0.05, 0) is 39.5 Å². The average Bonchev–Trinajstić information content (AvgIpc) is 2.94. The summed E-state index contributed by atoms with van der Waals surface area (Å²) in [5.41, 5.74) is 0.174. The third kappa shape index (κ3) is 3.95. The zero-order chi connectivity index (χ0) is 10.6. The summed E-state index contributed by atoms with van der Waals surface area (Å²) in [6.45, 7) is 8.08. The van der Waals surface area contributed by atoms with Crippen LogP contribution in [0.15, 0.2) is 0 Å². The molecule has 0 bridgehead atoms. The van der Waals surface area contributed by atoms with Gasteiger partial charge in [-0.2, -0.15) is 0 Å². The second-order valence-corrected chi connectivity index (χ2v) is 4.69. The van der Waals surface area contributed by atoms with Crippen molar-refractivity contribution in [1.82, 2.24) is 5.32 Å². The third-order valence-electron chi connectivity index (χ3n) is 2.91. The number of hydrogen-bond acceptors (Lipinski definition) is 3. The molecule has 1 aliphatic carbocycles. The molecule has 1 saturated carbocycles. The predicted molar refractivity (Wildman–Crippen MR) is 57.3 cm³/mol. The molecule has 3 nitrogen and oxygen atoms in total. The van der Waals surface area contributed by atoms with Crippen LogP contribution in [0.5, 0.6) is 0 Å². The zero-order valence-electron chi connectivity index (χ0n) is 9.55. The minimum absolute atomic E-state index is 0.174. The Labute approximate surface area is 86.8 Å². The van der Waals surface area contributed by atoms with Crippen LogP contribution in [0.3, 0.4) is 0 Å². The smallest absolute Gasteiger partial charge is 0.0897 e. The van der Waals surface area contributed by atoms with Crippen LogP contribution in [0.2, 0.25) is 0 Å². The lowest BCUT2D eigenvalue weighted by atomic mass is 9.98. The average molecular weight is 201 g/mol. The quantitative estimate of drug-likeness (QED) is 0.649. The SMILES string of the molecule is CCOCC(O)CNC(C)(C)C1CC1. The number of aliphatic hydroxyl groups excluding tert-OH is 1. The van der Waals surface area contributed by atoms with E-state index < -0.39 is 0 Å². The maximum absolute atomic E-state index is 9.56. The molecule has 3 heteroatoms. The first-order chi connectivity index (χ1) is 6.56. The predicted octanol–water partition coefficient (Wildman–Crippen LogP) is 1.16. The lowest BCUT2D eigenvalue weighted by Gasteiger charge is -2.27. The van der Waals surface area contributed by atoms with E-state index in [2.05, 4.69) is 19.2 Å². The molecule has 0 aromatic heterocycles. The van der Waals surface area contributed by atoms with Gasteiger partial charge in [0.15, 0.2) is 0 Å². The highest BCUT2D eigenvalue weighted by Gasteiger charge is 2.37. The molecular formula is C11H23NO2. The first-order valence-corrected chi connectivity index (χ1v) is 5.57. The Kier molecular flexibility index (Phi) is 4.35. The highest BCUT2D eigenvalue weighted by Crippen LogP contribution is 2.38. The van der Waals surface area contributed by atoms with Crippen molar-refractivity contribution in [1.29, 1.82) is 0 Å². The van der Waals surface area contributed by atoms with Crippen molar-refractivity contribution in [3.8, 4) is 0 Å². The van der Waals surface area contributed by atoms with Crippen LogP contribution in [0.4, 0.5) is 0 Å². The largest absolute Gasteiger partial charge is 0.389 e. The van der Waals surface area contributed by atoms with Crippen LogP contribution in [0, 0.1) is 5.92 Å². The molecule has 0 aromatic rings. The molecule has 84 valence electrons. The fourth-order valence-corrected chi connectivity index (χ4v) is 1.64. The van der Waals surface area contributed by atoms with Gasteiger partial charge in [0.2, 0.25) is 0 Å². The maximum Gasteiger partial charge on any atom is 0.0897 e. The molecule has 0 amide bonds. The van der Waals surface area contributed by atoms with E-state index in [-0.39, 0.29) is 11.6 Å². The van der Waals surface area contributed by atoms with Crippen molar-refractivity contribution in [2.24, 2.45) is 5.92 Å². The number of rotatable bonds is 7.